The second kappa shape index (κ2) is 5.15. The van der Waals surface area contributed by atoms with Gasteiger partial charge >= 0.3 is 0 Å². The van der Waals surface area contributed by atoms with E-state index in [1.165, 1.54) is 29.0 Å². The highest BCUT2D eigenvalue weighted by atomic mass is 32.1. The number of ether oxygens (including phenoxy) is 1. The van der Waals surface area contributed by atoms with Crippen molar-refractivity contribution in [2.75, 3.05) is 13.7 Å². The van der Waals surface area contributed by atoms with Crippen LogP contribution in [0.25, 0.3) is 0 Å². The van der Waals surface area contributed by atoms with Gasteiger partial charge in [-0.05, 0) is 47.7 Å². The molecule has 0 N–H and O–H groups in total. The number of thiophene rings is 1. The second-order valence-electron chi connectivity index (χ2n) is 6.02. The molecule has 0 radical (unpaired) electrons. The maximum absolute atomic E-state index is 5.38. The van der Waals surface area contributed by atoms with Gasteiger partial charge in [0.25, 0.3) is 0 Å². The molecular formula is C18H21NOS. The van der Waals surface area contributed by atoms with E-state index in [-0.39, 0.29) is 0 Å². The summed E-state index contributed by atoms with van der Waals surface area (Å²) in [4.78, 5) is 5.80. The van der Waals surface area contributed by atoms with Crippen LogP contribution in [0.2, 0.25) is 0 Å². The molecule has 1 aromatic carbocycles. The molecule has 0 amide bonds. The molecule has 0 saturated heterocycles. The molecule has 0 bridgehead atoms. The third-order valence-corrected chi connectivity index (χ3v) is 6.21. The molecule has 3 heterocycles. The molecule has 21 heavy (non-hydrogen) atoms. The van der Waals surface area contributed by atoms with Crippen LogP contribution in [0.4, 0.5) is 0 Å². The minimum Gasteiger partial charge on any atom is -0.497 e. The van der Waals surface area contributed by atoms with Crippen molar-refractivity contribution < 1.29 is 4.74 Å². The van der Waals surface area contributed by atoms with Gasteiger partial charge in [0, 0.05) is 35.3 Å². The van der Waals surface area contributed by atoms with E-state index in [0.29, 0.717) is 6.04 Å². The molecule has 0 fully saturated rings. The van der Waals surface area contributed by atoms with Crippen molar-refractivity contribution >= 4 is 11.3 Å². The van der Waals surface area contributed by atoms with Crippen molar-refractivity contribution in [1.29, 1.82) is 0 Å². The molecule has 2 nitrogen and oxygen atoms in total. The Balaban J connectivity index is 1.71. The summed E-state index contributed by atoms with van der Waals surface area (Å²) < 4.78 is 5.38. The maximum atomic E-state index is 5.38. The number of benzene rings is 1. The van der Waals surface area contributed by atoms with Gasteiger partial charge in [-0.3, -0.25) is 4.90 Å². The van der Waals surface area contributed by atoms with Gasteiger partial charge < -0.3 is 4.74 Å². The average molecular weight is 299 g/mol. The molecule has 1 unspecified atom stereocenters. The normalized spacial score (nSPS) is 20.6. The summed E-state index contributed by atoms with van der Waals surface area (Å²) in [5.74, 6) is 0.989. The van der Waals surface area contributed by atoms with Crippen LogP contribution in [0.5, 0.6) is 5.75 Å². The number of aryl methyl sites for hydroxylation is 1. The van der Waals surface area contributed by atoms with Gasteiger partial charge in [-0.1, -0.05) is 13.0 Å². The number of hydrogen-bond acceptors (Lipinski definition) is 3. The van der Waals surface area contributed by atoms with E-state index in [9.17, 15) is 0 Å². The van der Waals surface area contributed by atoms with Crippen molar-refractivity contribution in [3.05, 3.63) is 50.7 Å². The van der Waals surface area contributed by atoms with Crippen LogP contribution in [0.15, 0.2) is 24.3 Å². The third-order valence-electron chi connectivity index (χ3n) is 4.87. The molecule has 3 heteroatoms. The van der Waals surface area contributed by atoms with Crippen molar-refractivity contribution in [3.8, 4) is 5.75 Å². The summed E-state index contributed by atoms with van der Waals surface area (Å²) in [5.41, 5.74) is 4.57. The van der Waals surface area contributed by atoms with Crippen LogP contribution < -0.4 is 4.74 Å². The Labute approximate surface area is 130 Å². The van der Waals surface area contributed by atoms with Crippen LogP contribution in [-0.2, 0) is 25.8 Å². The lowest BCUT2D eigenvalue weighted by Crippen LogP contribution is -2.38. The fraction of sp³-hybridized carbons (Fsp3) is 0.444. The predicted molar refractivity (Wildman–Crippen MR) is 87.3 cm³/mol. The largest absolute Gasteiger partial charge is 0.497 e. The smallest absolute Gasteiger partial charge is 0.119 e. The summed E-state index contributed by atoms with van der Waals surface area (Å²) in [6, 6.07) is 9.62. The standard InChI is InChI=1S/C18H21NOS/c1-3-15-9-13-11-19-7-6-12-8-14(20-2)4-5-16(12)17(19)10-18(13)21-15/h4-5,8-9,17H,3,6-7,10-11H2,1-2H3. The van der Waals surface area contributed by atoms with Crippen molar-refractivity contribution in [1.82, 2.24) is 4.90 Å². The maximum Gasteiger partial charge on any atom is 0.119 e. The lowest BCUT2D eigenvalue weighted by atomic mass is 9.87. The van der Waals surface area contributed by atoms with Gasteiger partial charge in [-0.2, -0.15) is 0 Å². The van der Waals surface area contributed by atoms with Gasteiger partial charge in [0.1, 0.15) is 5.75 Å². The van der Waals surface area contributed by atoms with E-state index in [4.69, 9.17) is 4.74 Å². The van der Waals surface area contributed by atoms with E-state index in [1.807, 2.05) is 11.3 Å². The topological polar surface area (TPSA) is 12.5 Å². The molecule has 1 aromatic heterocycles. The average Bonchev–Trinajstić information content (AvgIpc) is 2.94. The number of nitrogens with zero attached hydrogens (tertiary/aromatic N) is 1. The molecule has 0 saturated carbocycles. The summed E-state index contributed by atoms with van der Waals surface area (Å²) in [6.07, 6.45) is 3.48. The molecular weight excluding hydrogens is 278 g/mol. The molecule has 0 aliphatic carbocycles. The highest BCUT2D eigenvalue weighted by Gasteiger charge is 2.33. The van der Waals surface area contributed by atoms with E-state index in [1.54, 1.807) is 17.6 Å². The molecule has 110 valence electrons. The van der Waals surface area contributed by atoms with Crippen LogP contribution in [0, 0.1) is 0 Å². The Kier molecular flexibility index (Phi) is 3.27. The minimum atomic E-state index is 0.565. The zero-order valence-corrected chi connectivity index (χ0v) is 13.5. The van der Waals surface area contributed by atoms with E-state index < -0.39 is 0 Å². The Morgan fingerprint density at radius 2 is 2.19 bits per heavy atom. The summed E-state index contributed by atoms with van der Waals surface area (Å²) >= 11 is 2.02. The first-order chi connectivity index (χ1) is 10.3. The molecule has 1 atom stereocenters. The monoisotopic (exact) mass is 299 g/mol. The summed E-state index contributed by atoms with van der Waals surface area (Å²) in [6.45, 7) is 4.55. The Morgan fingerprint density at radius 1 is 1.29 bits per heavy atom. The number of hydrogen-bond donors (Lipinski definition) is 0. The van der Waals surface area contributed by atoms with E-state index >= 15 is 0 Å². The van der Waals surface area contributed by atoms with Crippen LogP contribution >= 0.6 is 11.3 Å². The van der Waals surface area contributed by atoms with E-state index in [2.05, 4.69) is 36.1 Å². The van der Waals surface area contributed by atoms with Gasteiger partial charge in [0.05, 0.1) is 7.11 Å². The number of methoxy groups -OCH3 is 1. The van der Waals surface area contributed by atoms with Crippen LogP contribution in [-0.4, -0.2) is 18.6 Å². The Hall–Kier alpha value is -1.32. The molecule has 2 aliphatic rings. The third kappa shape index (κ3) is 2.19. The number of fused-ring (bicyclic) bond motifs is 4. The van der Waals surface area contributed by atoms with Crippen LogP contribution in [0.1, 0.15) is 39.4 Å². The van der Waals surface area contributed by atoms with Gasteiger partial charge in [0.15, 0.2) is 0 Å². The second-order valence-corrected chi connectivity index (χ2v) is 7.24. The lowest BCUT2D eigenvalue weighted by Gasteiger charge is -2.40. The Morgan fingerprint density at radius 3 is 3.00 bits per heavy atom. The lowest BCUT2D eigenvalue weighted by molar-refractivity contribution is 0.162. The highest BCUT2D eigenvalue weighted by molar-refractivity contribution is 7.12. The fourth-order valence-corrected chi connectivity index (χ4v) is 4.86. The summed E-state index contributed by atoms with van der Waals surface area (Å²) in [5, 5.41) is 0. The fourth-order valence-electron chi connectivity index (χ4n) is 3.70. The first-order valence-electron chi connectivity index (χ1n) is 7.79. The van der Waals surface area contributed by atoms with Gasteiger partial charge in [0.2, 0.25) is 0 Å². The molecule has 2 aliphatic heterocycles. The SMILES string of the molecule is CCc1cc2c(s1)CC1c3ccc(OC)cc3CCN1C2. The van der Waals surface area contributed by atoms with Gasteiger partial charge in [-0.15, -0.1) is 11.3 Å². The highest BCUT2D eigenvalue weighted by Crippen LogP contribution is 2.41. The van der Waals surface area contributed by atoms with Crippen molar-refractivity contribution in [2.24, 2.45) is 0 Å². The minimum absolute atomic E-state index is 0.565. The van der Waals surface area contributed by atoms with Crippen LogP contribution in [0.3, 0.4) is 0 Å². The van der Waals surface area contributed by atoms with Crippen molar-refractivity contribution in [2.45, 2.75) is 38.8 Å². The van der Waals surface area contributed by atoms with Crippen molar-refractivity contribution in [3.63, 3.8) is 0 Å². The first kappa shape index (κ1) is 13.4. The zero-order chi connectivity index (χ0) is 14.4. The Bertz CT molecular complexity index is 676. The first-order valence-corrected chi connectivity index (χ1v) is 8.61. The summed E-state index contributed by atoms with van der Waals surface area (Å²) in [7, 11) is 1.75. The molecule has 0 spiro atoms. The predicted octanol–water partition coefficient (Wildman–Crippen LogP) is 3.97. The zero-order valence-electron chi connectivity index (χ0n) is 12.7. The number of rotatable bonds is 2. The molecule has 4 rings (SSSR count). The van der Waals surface area contributed by atoms with Gasteiger partial charge in [-0.25, -0.2) is 0 Å². The van der Waals surface area contributed by atoms with E-state index in [0.717, 1.165) is 25.1 Å². The molecule has 2 aromatic rings. The quantitative estimate of drug-likeness (QED) is 0.832.